The van der Waals surface area contributed by atoms with Crippen LogP contribution in [0.25, 0.3) is 21.8 Å². The second kappa shape index (κ2) is 10.4. The molecule has 0 aliphatic carbocycles. The largest absolute Gasteiger partial charge is 0.379 e. The van der Waals surface area contributed by atoms with E-state index in [2.05, 4.69) is 14.8 Å². The fourth-order valence-corrected chi connectivity index (χ4v) is 5.59. The molecule has 0 radical (unpaired) electrons. The van der Waals surface area contributed by atoms with Crippen LogP contribution in [0.4, 0.5) is 0 Å². The van der Waals surface area contributed by atoms with Crippen molar-refractivity contribution >= 4 is 33.4 Å². The summed E-state index contributed by atoms with van der Waals surface area (Å²) in [5.41, 5.74) is -1.41. The van der Waals surface area contributed by atoms with E-state index in [0.717, 1.165) is 0 Å². The summed E-state index contributed by atoms with van der Waals surface area (Å²) in [5.74, 6) is -0.264. The SMILES string of the molecule is CC(C)(C(=O)c1ccc2[nH]c3ccc(C(=O)C(C)(C)N4CCOCC4)cc3c(=O)c(=O)c2c1)N1CCOCC1. The maximum atomic E-state index is 13.5. The Labute approximate surface area is 226 Å². The molecular weight excluding hydrogens is 498 g/mol. The number of aromatic nitrogens is 1. The van der Waals surface area contributed by atoms with E-state index < -0.39 is 21.9 Å². The Balaban J connectivity index is 1.56. The number of hydrogen-bond donors (Lipinski definition) is 1. The van der Waals surface area contributed by atoms with Crippen LogP contribution in [0.3, 0.4) is 0 Å². The lowest BCUT2D eigenvalue weighted by Gasteiger charge is -2.39. The maximum absolute atomic E-state index is 13.5. The number of carbonyl (C=O) groups excluding carboxylic acids is 2. The zero-order chi connectivity index (χ0) is 27.9. The molecule has 9 heteroatoms. The van der Waals surface area contributed by atoms with Crippen LogP contribution in [0.5, 0.6) is 0 Å². The molecular formula is C30H35N3O6. The summed E-state index contributed by atoms with van der Waals surface area (Å²) in [6.07, 6.45) is 0. The third-order valence-corrected chi connectivity index (χ3v) is 8.24. The first kappa shape index (κ1) is 27.3. The Morgan fingerprint density at radius 2 is 1.03 bits per heavy atom. The number of nitrogens with zero attached hydrogens (tertiary/aromatic N) is 2. The molecule has 0 atom stereocenters. The summed E-state index contributed by atoms with van der Waals surface area (Å²) in [7, 11) is 0. The van der Waals surface area contributed by atoms with Gasteiger partial charge in [0.15, 0.2) is 11.6 Å². The highest BCUT2D eigenvalue weighted by atomic mass is 16.5. The van der Waals surface area contributed by atoms with Gasteiger partial charge in [0.05, 0.1) is 48.3 Å². The van der Waals surface area contributed by atoms with Gasteiger partial charge in [-0.05, 0) is 64.1 Å². The van der Waals surface area contributed by atoms with Gasteiger partial charge >= 0.3 is 0 Å². The number of aromatic amines is 1. The van der Waals surface area contributed by atoms with Gasteiger partial charge in [0.25, 0.3) is 0 Å². The first-order valence-corrected chi connectivity index (χ1v) is 13.4. The average molecular weight is 534 g/mol. The van der Waals surface area contributed by atoms with Crippen molar-refractivity contribution in [1.82, 2.24) is 14.8 Å². The van der Waals surface area contributed by atoms with Crippen molar-refractivity contribution in [1.29, 1.82) is 0 Å². The summed E-state index contributed by atoms with van der Waals surface area (Å²) in [6, 6.07) is 9.71. The number of Topliss-reactive ketones (excluding diaryl/α,β-unsaturated/α-hetero) is 2. The van der Waals surface area contributed by atoms with Gasteiger partial charge in [0.2, 0.25) is 10.9 Å². The Morgan fingerprint density at radius 3 is 1.38 bits per heavy atom. The zero-order valence-corrected chi connectivity index (χ0v) is 23.0. The normalized spacial score (nSPS) is 17.9. The molecule has 0 bridgehead atoms. The van der Waals surface area contributed by atoms with Gasteiger partial charge in [-0.25, -0.2) is 0 Å². The topological polar surface area (TPSA) is 109 Å². The molecule has 2 fully saturated rings. The van der Waals surface area contributed by atoms with Gasteiger partial charge in [0, 0.05) is 48.3 Å². The molecule has 206 valence electrons. The summed E-state index contributed by atoms with van der Waals surface area (Å²) in [6.45, 7) is 12.3. The van der Waals surface area contributed by atoms with Crippen molar-refractivity contribution < 1.29 is 19.1 Å². The first-order chi connectivity index (χ1) is 18.5. The van der Waals surface area contributed by atoms with Crippen molar-refractivity contribution in [2.45, 2.75) is 38.8 Å². The van der Waals surface area contributed by atoms with Crippen LogP contribution in [0.15, 0.2) is 46.0 Å². The highest BCUT2D eigenvalue weighted by Gasteiger charge is 2.37. The monoisotopic (exact) mass is 533 g/mol. The van der Waals surface area contributed by atoms with Crippen LogP contribution in [-0.2, 0) is 9.47 Å². The molecule has 0 saturated carbocycles. The third-order valence-electron chi connectivity index (χ3n) is 8.24. The van der Waals surface area contributed by atoms with Gasteiger partial charge in [0.1, 0.15) is 0 Å². The van der Waals surface area contributed by atoms with E-state index in [1.807, 2.05) is 27.7 Å². The summed E-state index contributed by atoms with van der Waals surface area (Å²) in [4.78, 5) is 61.2. The minimum atomic E-state index is -0.797. The van der Waals surface area contributed by atoms with E-state index >= 15 is 0 Å². The molecule has 3 heterocycles. The van der Waals surface area contributed by atoms with Gasteiger partial charge in [-0.2, -0.15) is 0 Å². The number of rotatable bonds is 6. The summed E-state index contributed by atoms with van der Waals surface area (Å²) in [5, 5.41) is 0.280. The van der Waals surface area contributed by atoms with E-state index in [1.165, 1.54) is 12.1 Å². The number of fused-ring (bicyclic) bond motifs is 2. The number of ether oxygens (including phenoxy) is 2. The van der Waals surface area contributed by atoms with Crippen LogP contribution in [0.1, 0.15) is 48.4 Å². The second-order valence-corrected chi connectivity index (χ2v) is 11.3. The Bertz CT molecular complexity index is 1450. The van der Waals surface area contributed by atoms with E-state index in [-0.39, 0.29) is 22.3 Å². The van der Waals surface area contributed by atoms with Crippen molar-refractivity contribution in [2.24, 2.45) is 0 Å². The van der Waals surface area contributed by atoms with Crippen molar-refractivity contribution in [3.05, 3.63) is 68.0 Å². The van der Waals surface area contributed by atoms with E-state index in [4.69, 9.17) is 9.47 Å². The van der Waals surface area contributed by atoms with Gasteiger partial charge in [-0.15, -0.1) is 0 Å². The van der Waals surface area contributed by atoms with E-state index in [1.54, 1.807) is 24.3 Å². The molecule has 0 amide bonds. The molecule has 2 aliphatic heterocycles. The number of ketones is 2. The fourth-order valence-electron chi connectivity index (χ4n) is 5.59. The van der Waals surface area contributed by atoms with Crippen LogP contribution in [-0.4, -0.2) is 90.0 Å². The van der Waals surface area contributed by atoms with Crippen LogP contribution in [0.2, 0.25) is 0 Å². The maximum Gasteiger partial charge on any atom is 0.235 e. The summed E-state index contributed by atoms with van der Waals surface area (Å²) < 4.78 is 10.9. The smallest absolute Gasteiger partial charge is 0.235 e. The lowest BCUT2D eigenvalue weighted by molar-refractivity contribution is -0.00442. The van der Waals surface area contributed by atoms with Crippen molar-refractivity contribution in [3.8, 4) is 0 Å². The molecule has 2 aromatic carbocycles. The quantitative estimate of drug-likeness (QED) is 0.381. The van der Waals surface area contributed by atoms with Gasteiger partial charge in [-0.1, -0.05) is 0 Å². The lowest BCUT2D eigenvalue weighted by atomic mass is 9.90. The Kier molecular flexibility index (Phi) is 7.28. The zero-order valence-electron chi connectivity index (χ0n) is 23.0. The highest BCUT2D eigenvalue weighted by Crippen LogP contribution is 2.25. The minimum Gasteiger partial charge on any atom is -0.379 e. The number of morpholine rings is 2. The molecule has 5 rings (SSSR count). The number of benzene rings is 2. The molecule has 0 unspecified atom stereocenters. The Morgan fingerprint density at radius 1 is 0.667 bits per heavy atom. The predicted molar refractivity (Wildman–Crippen MR) is 150 cm³/mol. The third kappa shape index (κ3) is 4.96. The van der Waals surface area contributed by atoms with Crippen molar-refractivity contribution in [3.63, 3.8) is 0 Å². The molecule has 0 spiro atoms. The minimum absolute atomic E-state index is 0.132. The molecule has 2 saturated heterocycles. The highest BCUT2D eigenvalue weighted by molar-refractivity contribution is 6.06. The second-order valence-electron chi connectivity index (χ2n) is 11.3. The number of nitrogens with one attached hydrogen (secondary N) is 1. The molecule has 39 heavy (non-hydrogen) atoms. The number of H-pyrrole nitrogens is 1. The molecule has 3 aromatic rings. The van der Waals surface area contributed by atoms with Crippen LogP contribution < -0.4 is 10.9 Å². The number of hydrogen-bond acceptors (Lipinski definition) is 8. The van der Waals surface area contributed by atoms with Gasteiger partial charge in [-0.3, -0.25) is 29.0 Å². The predicted octanol–water partition coefficient (Wildman–Crippen LogP) is 2.63. The standard InChI is InChI=1S/C30H35N3O6/c1-29(2,32-9-13-38-14-10-32)27(36)19-5-7-23-21(17-19)25(34)26(35)22-18-20(6-8-24(22)31-23)28(37)30(3,4)33-11-15-39-16-12-33/h5-8,17-18,31H,9-16H2,1-4H3. The van der Waals surface area contributed by atoms with E-state index in [9.17, 15) is 19.2 Å². The number of carbonyl (C=O) groups is 2. The van der Waals surface area contributed by atoms with Crippen molar-refractivity contribution in [2.75, 3.05) is 52.6 Å². The first-order valence-electron chi connectivity index (χ1n) is 13.4. The molecule has 2 aliphatic rings. The average Bonchev–Trinajstić information content (AvgIpc) is 3.06. The fraction of sp³-hybridized carbons (Fsp3) is 0.467. The molecule has 1 N–H and O–H groups in total. The lowest BCUT2D eigenvalue weighted by Crippen LogP contribution is -2.54. The summed E-state index contributed by atoms with van der Waals surface area (Å²) >= 11 is 0. The van der Waals surface area contributed by atoms with Gasteiger partial charge < -0.3 is 14.5 Å². The van der Waals surface area contributed by atoms with Crippen LogP contribution in [0, 0.1) is 0 Å². The Hall–Kier alpha value is -3.24. The van der Waals surface area contributed by atoms with E-state index in [0.29, 0.717) is 74.8 Å². The van der Waals surface area contributed by atoms with Crippen LogP contribution >= 0.6 is 0 Å². The molecule has 1 aromatic heterocycles. The molecule has 9 nitrogen and oxygen atoms in total.